The van der Waals surface area contributed by atoms with Crippen molar-refractivity contribution in [3.05, 3.63) is 23.3 Å². The van der Waals surface area contributed by atoms with Gasteiger partial charge in [-0.25, -0.2) is 0 Å². The largest absolute Gasteiger partial charge is 0.488 e. The number of rotatable bonds is 0. The molecular weight excluding hydrogens is 162 g/mol. The Hall–Kier alpha value is -1.18. The Balaban J connectivity index is 2.47. The van der Waals surface area contributed by atoms with E-state index >= 15 is 0 Å². The van der Waals surface area contributed by atoms with Gasteiger partial charge in [-0.1, -0.05) is 6.07 Å². The lowest BCUT2D eigenvalue weighted by Gasteiger charge is -2.24. The van der Waals surface area contributed by atoms with Crippen LogP contribution in [0.2, 0.25) is 0 Å². The van der Waals surface area contributed by atoms with Crippen LogP contribution < -0.4 is 10.5 Å². The molecule has 0 saturated carbocycles. The van der Waals surface area contributed by atoms with Crippen molar-refractivity contribution < 1.29 is 4.74 Å². The van der Waals surface area contributed by atoms with Gasteiger partial charge in [0.25, 0.3) is 0 Å². The summed E-state index contributed by atoms with van der Waals surface area (Å²) in [6.07, 6.45) is 2.48. The van der Waals surface area contributed by atoms with E-state index in [0.29, 0.717) is 6.10 Å². The van der Waals surface area contributed by atoms with Gasteiger partial charge in [0.2, 0.25) is 0 Å². The standard InChI is InChI=1S/C11H15NO/c1-7-5-9-4-3-8(2)13-11(9)10(12)6-7/h5-6,8H,3-4,12H2,1-2H3. The third-order valence-corrected chi connectivity index (χ3v) is 2.48. The molecule has 70 valence electrons. The molecule has 0 aromatic heterocycles. The molecule has 0 amide bonds. The molecule has 0 saturated heterocycles. The van der Waals surface area contributed by atoms with Gasteiger partial charge in [-0.3, -0.25) is 0 Å². The number of fused-ring (bicyclic) bond motifs is 1. The van der Waals surface area contributed by atoms with Gasteiger partial charge >= 0.3 is 0 Å². The Kier molecular flexibility index (Phi) is 1.91. The van der Waals surface area contributed by atoms with Gasteiger partial charge in [-0.2, -0.15) is 0 Å². The summed E-state index contributed by atoms with van der Waals surface area (Å²) in [5, 5.41) is 0. The van der Waals surface area contributed by atoms with Crippen molar-refractivity contribution in [2.45, 2.75) is 32.8 Å². The summed E-state index contributed by atoms with van der Waals surface area (Å²) < 4.78 is 5.69. The molecule has 1 atom stereocenters. The minimum Gasteiger partial charge on any atom is -0.488 e. The highest BCUT2D eigenvalue weighted by atomic mass is 16.5. The predicted octanol–water partition coefficient (Wildman–Crippen LogP) is 2.29. The highest BCUT2D eigenvalue weighted by Crippen LogP contribution is 2.33. The van der Waals surface area contributed by atoms with Gasteiger partial charge in [-0.05, 0) is 43.9 Å². The van der Waals surface area contributed by atoms with Crippen LogP contribution in [0.25, 0.3) is 0 Å². The monoisotopic (exact) mass is 177 g/mol. The smallest absolute Gasteiger partial charge is 0.145 e. The molecule has 0 bridgehead atoms. The number of aryl methyl sites for hydroxylation is 2. The molecule has 0 spiro atoms. The first kappa shape index (κ1) is 8.42. The SMILES string of the molecule is Cc1cc(N)c2c(c1)CCC(C)O2. The number of nitrogens with two attached hydrogens (primary N) is 1. The molecule has 1 aromatic rings. The number of benzene rings is 1. The second-order valence-electron chi connectivity index (χ2n) is 3.81. The van der Waals surface area contributed by atoms with Crippen LogP contribution in [0.1, 0.15) is 24.5 Å². The number of hydrogen-bond acceptors (Lipinski definition) is 2. The molecule has 1 aliphatic rings. The normalized spacial score (nSPS) is 20.6. The van der Waals surface area contributed by atoms with Crippen LogP contribution in [0.15, 0.2) is 12.1 Å². The number of nitrogen functional groups attached to an aromatic ring is 1. The first-order valence-electron chi connectivity index (χ1n) is 4.72. The maximum Gasteiger partial charge on any atom is 0.145 e. The number of anilines is 1. The predicted molar refractivity (Wildman–Crippen MR) is 54.0 cm³/mol. The maximum absolute atomic E-state index is 5.88. The molecule has 2 rings (SSSR count). The fraction of sp³-hybridized carbons (Fsp3) is 0.455. The minimum atomic E-state index is 0.303. The third kappa shape index (κ3) is 1.48. The summed E-state index contributed by atoms with van der Waals surface area (Å²) in [6, 6.07) is 4.13. The Labute approximate surface area is 78.7 Å². The summed E-state index contributed by atoms with van der Waals surface area (Å²) in [5.74, 6) is 0.907. The van der Waals surface area contributed by atoms with Crippen LogP contribution in [-0.4, -0.2) is 6.10 Å². The van der Waals surface area contributed by atoms with E-state index in [1.165, 1.54) is 11.1 Å². The van der Waals surface area contributed by atoms with Gasteiger partial charge < -0.3 is 10.5 Å². The Morgan fingerprint density at radius 3 is 3.00 bits per heavy atom. The molecule has 1 aromatic carbocycles. The van der Waals surface area contributed by atoms with Gasteiger partial charge in [0.1, 0.15) is 5.75 Å². The molecule has 1 heterocycles. The van der Waals surface area contributed by atoms with Gasteiger partial charge in [-0.15, -0.1) is 0 Å². The van der Waals surface area contributed by atoms with E-state index in [9.17, 15) is 0 Å². The van der Waals surface area contributed by atoms with Crippen molar-refractivity contribution >= 4 is 5.69 Å². The Morgan fingerprint density at radius 1 is 1.46 bits per heavy atom. The van der Waals surface area contributed by atoms with Crippen LogP contribution in [0, 0.1) is 6.92 Å². The van der Waals surface area contributed by atoms with E-state index in [-0.39, 0.29) is 0 Å². The summed E-state index contributed by atoms with van der Waals surface area (Å²) in [5.41, 5.74) is 9.14. The molecule has 2 heteroatoms. The lowest BCUT2D eigenvalue weighted by molar-refractivity contribution is 0.194. The fourth-order valence-corrected chi connectivity index (χ4v) is 1.83. The van der Waals surface area contributed by atoms with Crippen LogP contribution in [0.4, 0.5) is 5.69 Å². The van der Waals surface area contributed by atoms with Crippen molar-refractivity contribution in [3.8, 4) is 5.75 Å². The van der Waals surface area contributed by atoms with Gasteiger partial charge in [0.15, 0.2) is 0 Å². The van der Waals surface area contributed by atoms with Crippen LogP contribution in [-0.2, 0) is 6.42 Å². The Bertz CT molecular complexity index is 333. The van der Waals surface area contributed by atoms with E-state index in [1.54, 1.807) is 0 Å². The molecule has 2 N–H and O–H groups in total. The first-order chi connectivity index (χ1) is 6.16. The van der Waals surface area contributed by atoms with Crippen molar-refractivity contribution in [2.24, 2.45) is 0 Å². The van der Waals surface area contributed by atoms with E-state index in [1.807, 2.05) is 6.07 Å². The molecule has 13 heavy (non-hydrogen) atoms. The third-order valence-electron chi connectivity index (χ3n) is 2.48. The average Bonchev–Trinajstić information content (AvgIpc) is 2.06. The molecule has 2 nitrogen and oxygen atoms in total. The quantitative estimate of drug-likeness (QED) is 0.617. The zero-order valence-corrected chi connectivity index (χ0v) is 8.13. The lowest BCUT2D eigenvalue weighted by atomic mass is 10.00. The lowest BCUT2D eigenvalue weighted by Crippen LogP contribution is -2.19. The maximum atomic E-state index is 5.88. The van der Waals surface area contributed by atoms with Gasteiger partial charge in [0, 0.05) is 0 Å². The molecule has 1 aliphatic heterocycles. The summed E-state index contributed by atoms with van der Waals surface area (Å²) in [6.45, 7) is 4.15. The van der Waals surface area contributed by atoms with Crippen molar-refractivity contribution in [1.29, 1.82) is 0 Å². The molecule has 0 aliphatic carbocycles. The summed E-state index contributed by atoms with van der Waals surface area (Å²) in [4.78, 5) is 0. The minimum absolute atomic E-state index is 0.303. The molecular formula is C11H15NO. The van der Waals surface area contributed by atoms with Crippen LogP contribution >= 0.6 is 0 Å². The van der Waals surface area contributed by atoms with E-state index in [4.69, 9.17) is 10.5 Å². The topological polar surface area (TPSA) is 35.2 Å². The Morgan fingerprint density at radius 2 is 2.23 bits per heavy atom. The van der Waals surface area contributed by atoms with Crippen molar-refractivity contribution in [3.63, 3.8) is 0 Å². The highest BCUT2D eigenvalue weighted by Gasteiger charge is 2.18. The van der Waals surface area contributed by atoms with E-state index in [0.717, 1.165) is 24.3 Å². The van der Waals surface area contributed by atoms with Crippen LogP contribution in [0.3, 0.4) is 0 Å². The molecule has 0 radical (unpaired) electrons. The first-order valence-corrected chi connectivity index (χ1v) is 4.72. The van der Waals surface area contributed by atoms with E-state index < -0.39 is 0 Å². The fourth-order valence-electron chi connectivity index (χ4n) is 1.83. The highest BCUT2D eigenvalue weighted by molar-refractivity contribution is 5.59. The zero-order chi connectivity index (χ0) is 9.42. The van der Waals surface area contributed by atoms with Gasteiger partial charge in [0.05, 0.1) is 11.8 Å². The second kappa shape index (κ2) is 2.95. The summed E-state index contributed by atoms with van der Waals surface area (Å²) in [7, 11) is 0. The van der Waals surface area contributed by atoms with Crippen molar-refractivity contribution in [1.82, 2.24) is 0 Å². The molecule has 1 unspecified atom stereocenters. The van der Waals surface area contributed by atoms with Crippen molar-refractivity contribution in [2.75, 3.05) is 5.73 Å². The number of hydrogen-bond donors (Lipinski definition) is 1. The second-order valence-corrected chi connectivity index (χ2v) is 3.81. The average molecular weight is 177 g/mol. The van der Waals surface area contributed by atoms with E-state index in [2.05, 4.69) is 19.9 Å². The van der Waals surface area contributed by atoms with Crippen LogP contribution in [0.5, 0.6) is 5.75 Å². The molecule has 0 fully saturated rings. The number of ether oxygens (including phenoxy) is 1. The summed E-state index contributed by atoms with van der Waals surface area (Å²) >= 11 is 0. The zero-order valence-electron chi connectivity index (χ0n) is 8.13.